The minimum absolute atomic E-state index is 0.00844. The highest BCUT2D eigenvalue weighted by Gasteiger charge is 2.29. The molecular formula is C18H23N5O2S. The molecule has 138 valence electrons. The van der Waals surface area contributed by atoms with Crippen molar-refractivity contribution < 1.29 is 9.53 Å². The minimum atomic E-state index is -0.518. The summed E-state index contributed by atoms with van der Waals surface area (Å²) in [4.78, 5) is 14.3. The third-order valence-corrected chi connectivity index (χ3v) is 4.76. The maximum absolute atomic E-state index is 12.1. The lowest BCUT2D eigenvalue weighted by Crippen LogP contribution is -2.51. The number of ether oxygens (including phenoxy) is 1. The predicted octanol–water partition coefficient (Wildman–Crippen LogP) is 3.30. The van der Waals surface area contributed by atoms with Gasteiger partial charge >= 0.3 is 6.09 Å². The Morgan fingerprint density at radius 3 is 2.77 bits per heavy atom. The number of alkyl carbamates (subject to hydrolysis) is 1. The van der Waals surface area contributed by atoms with Crippen LogP contribution in [0.4, 0.5) is 10.5 Å². The normalized spacial score (nSPS) is 20.7. The molecule has 1 amide bonds. The lowest BCUT2D eigenvalue weighted by molar-refractivity contribution is 0.0495. The summed E-state index contributed by atoms with van der Waals surface area (Å²) in [6.07, 6.45) is 0.502. The largest absolute Gasteiger partial charge is 0.444 e. The fourth-order valence-corrected chi connectivity index (χ4v) is 3.89. The molecule has 1 aliphatic heterocycles. The Bertz CT molecular complexity index is 851. The molecule has 3 rings (SSSR count). The highest BCUT2D eigenvalue weighted by molar-refractivity contribution is 7.00. The van der Waals surface area contributed by atoms with Crippen molar-refractivity contribution in [2.24, 2.45) is 5.92 Å². The molecule has 0 saturated carbocycles. The van der Waals surface area contributed by atoms with E-state index in [0.29, 0.717) is 23.5 Å². The molecule has 0 unspecified atom stereocenters. The van der Waals surface area contributed by atoms with E-state index in [2.05, 4.69) is 32.0 Å². The maximum atomic E-state index is 12.1. The van der Waals surface area contributed by atoms with Crippen LogP contribution in [-0.4, -0.2) is 39.6 Å². The van der Waals surface area contributed by atoms with Crippen molar-refractivity contribution in [2.75, 3.05) is 18.0 Å². The van der Waals surface area contributed by atoms with E-state index < -0.39 is 11.7 Å². The van der Waals surface area contributed by atoms with Crippen molar-refractivity contribution in [2.45, 2.75) is 45.8 Å². The topological polar surface area (TPSA) is 91.1 Å². The van der Waals surface area contributed by atoms with Crippen LogP contribution in [-0.2, 0) is 4.74 Å². The summed E-state index contributed by atoms with van der Waals surface area (Å²) in [5, 5.41) is 12.2. The third kappa shape index (κ3) is 4.05. The number of nitriles is 1. The van der Waals surface area contributed by atoms with Crippen molar-refractivity contribution in [3.63, 3.8) is 0 Å². The van der Waals surface area contributed by atoms with Gasteiger partial charge in [0.1, 0.15) is 22.7 Å². The Hall–Kier alpha value is -2.40. The van der Waals surface area contributed by atoms with E-state index in [-0.39, 0.29) is 6.04 Å². The van der Waals surface area contributed by atoms with Crippen molar-refractivity contribution >= 4 is 34.5 Å². The number of nitrogens with zero attached hydrogens (tertiary/aromatic N) is 4. The van der Waals surface area contributed by atoms with Crippen LogP contribution in [0.3, 0.4) is 0 Å². The second-order valence-corrected chi connectivity index (χ2v) is 8.32. The van der Waals surface area contributed by atoms with Crippen LogP contribution in [0.5, 0.6) is 0 Å². The SMILES string of the molecule is C[C@H]1C[C@@H](NC(=O)OC(C)(C)C)CN(c2ccc(C#N)c3nsnc23)C1. The number of piperidine rings is 1. The van der Waals surface area contributed by atoms with Crippen LogP contribution >= 0.6 is 11.7 Å². The van der Waals surface area contributed by atoms with E-state index in [1.807, 2.05) is 26.8 Å². The standard InChI is InChI=1S/C18H23N5O2S/c1-11-7-13(20-17(24)25-18(2,3)4)10-23(9-11)14-6-5-12(8-19)15-16(14)22-26-21-15/h5-6,11,13H,7,9-10H2,1-4H3,(H,20,24)/t11-,13+/m0/s1. The number of hydrogen-bond donors (Lipinski definition) is 1. The van der Waals surface area contributed by atoms with E-state index in [4.69, 9.17) is 4.74 Å². The number of hydrogen-bond acceptors (Lipinski definition) is 7. The van der Waals surface area contributed by atoms with Gasteiger partial charge in [-0.2, -0.15) is 14.0 Å². The highest BCUT2D eigenvalue weighted by Crippen LogP contribution is 2.31. The lowest BCUT2D eigenvalue weighted by atomic mass is 9.95. The van der Waals surface area contributed by atoms with E-state index in [1.54, 1.807) is 6.07 Å². The van der Waals surface area contributed by atoms with E-state index >= 15 is 0 Å². The molecule has 0 spiro atoms. The molecule has 26 heavy (non-hydrogen) atoms. The van der Waals surface area contributed by atoms with E-state index in [1.165, 1.54) is 0 Å². The first-order valence-electron chi connectivity index (χ1n) is 8.66. The van der Waals surface area contributed by atoms with Crippen LogP contribution < -0.4 is 10.2 Å². The second-order valence-electron chi connectivity index (χ2n) is 7.79. The summed E-state index contributed by atoms with van der Waals surface area (Å²) in [5.74, 6) is 0.404. The number of aromatic nitrogens is 2. The Labute approximate surface area is 157 Å². The van der Waals surface area contributed by atoms with Crippen LogP contribution in [0.15, 0.2) is 12.1 Å². The summed E-state index contributed by atoms with van der Waals surface area (Å²) in [7, 11) is 0. The van der Waals surface area contributed by atoms with E-state index in [0.717, 1.165) is 35.9 Å². The van der Waals surface area contributed by atoms with Gasteiger partial charge in [-0.15, -0.1) is 0 Å². The number of fused-ring (bicyclic) bond motifs is 1. The molecule has 1 saturated heterocycles. The zero-order valence-corrected chi connectivity index (χ0v) is 16.3. The fourth-order valence-electron chi connectivity index (χ4n) is 3.33. The monoisotopic (exact) mass is 373 g/mol. The average Bonchev–Trinajstić information content (AvgIpc) is 3.00. The first-order valence-corrected chi connectivity index (χ1v) is 9.39. The molecule has 0 aliphatic carbocycles. The van der Waals surface area contributed by atoms with Gasteiger partial charge in [0.15, 0.2) is 0 Å². The molecule has 2 aromatic rings. The van der Waals surface area contributed by atoms with Gasteiger partial charge in [0, 0.05) is 19.1 Å². The number of carbonyl (C=O) groups is 1. The smallest absolute Gasteiger partial charge is 0.407 e. The minimum Gasteiger partial charge on any atom is -0.444 e. The Kier molecular flexibility index (Phi) is 5.01. The fraction of sp³-hybridized carbons (Fsp3) is 0.556. The van der Waals surface area contributed by atoms with Gasteiger partial charge < -0.3 is 15.0 Å². The van der Waals surface area contributed by atoms with Crippen molar-refractivity contribution in [1.82, 2.24) is 14.1 Å². The summed E-state index contributed by atoms with van der Waals surface area (Å²) < 4.78 is 14.0. The third-order valence-electron chi connectivity index (χ3n) is 4.24. The van der Waals surface area contributed by atoms with Crippen molar-refractivity contribution in [3.8, 4) is 6.07 Å². The molecule has 2 heterocycles. The Balaban J connectivity index is 1.80. The van der Waals surface area contributed by atoms with Gasteiger partial charge in [-0.25, -0.2) is 4.79 Å². The van der Waals surface area contributed by atoms with Crippen LogP contribution in [0.1, 0.15) is 39.7 Å². The van der Waals surface area contributed by atoms with Gasteiger partial charge in [-0.1, -0.05) is 6.92 Å². The number of rotatable bonds is 2. The second kappa shape index (κ2) is 7.08. The molecule has 1 aromatic carbocycles. The summed E-state index contributed by atoms with van der Waals surface area (Å²) in [5.41, 5.74) is 2.36. The summed E-state index contributed by atoms with van der Waals surface area (Å²) in [6.45, 7) is 9.25. The molecule has 1 fully saturated rings. The lowest BCUT2D eigenvalue weighted by Gasteiger charge is -2.38. The predicted molar refractivity (Wildman–Crippen MR) is 101 cm³/mol. The first-order chi connectivity index (χ1) is 12.3. The zero-order valence-electron chi connectivity index (χ0n) is 15.4. The molecule has 0 bridgehead atoms. The number of anilines is 1. The number of benzene rings is 1. The maximum Gasteiger partial charge on any atom is 0.407 e. The van der Waals surface area contributed by atoms with E-state index in [9.17, 15) is 10.1 Å². The van der Waals surface area contributed by atoms with Crippen molar-refractivity contribution in [3.05, 3.63) is 17.7 Å². The highest BCUT2D eigenvalue weighted by atomic mass is 32.1. The molecule has 8 heteroatoms. The zero-order chi connectivity index (χ0) is 18.9. The number of nitrogens with one attached hydrogen (secondary N) is 1. The number of carbonyl (C=O) groups excluding carboxylic acids is 1. The van der Waals surface area contributed by atoms with Gasteiger partial charge in [0.2, 0.25) is 0 Å². The molecule has 1 aliphatic rings. The molecule has 1 N–H and O–H groups in total. The summed E-state index contributed by atoms with van der Waals surface area (Å²) in [6, 6.07) is 5.86. The molecule has 2 atom stereocenters. The quantitative estimate of drug-likeness (QED) is 0.868. The molecule has 0 radical (unpaired) electrons. The van der Waals surface area contributed by atoms with Gasteiger partial charge in [0.05, 0.1) is 23.0 Å². The Morgan fingerprint density at radius 2 is 2.08 bits per heavy atom. The molecule has 7 nitrogen and oxygen atoms in total. The average molecular weight is 373 g/mol. The van der Waals surface area contributed by atoms with Crippen LogP contribution in [0.25, 0.3) is 11.0 Å². The van der Waals surface area contributed by atoms with Crippen molar-refractivity contribution in [1.29, 1.82) is 5.26 Å². The molecule has 1 aromatic heterocycles. The van der Waals surface area contributed by atoms with Crippen LogP contribution in [0, 0.1) is 17.2 Å². The summed E-state index contributed by atoms with van der Waals surface area (Å²) >= 11 is 1.11. The van der Waals surface area contributed by atoms with Gasteiger partial charge in [-0.05, 0) is 45.2 Å². The van der Waals surface area contributed by atoms with Crippen LogP contribution in [0.2, 0.25) is 0 Å². The van der Waals surface area contributed by atoms with Gasteiger partial charge in [-0.3, -0.25) is 0 Å². The molecular weight excluding hydrogens is 350 g/mol. The Morgan fingerprint density at radius 1 is 1.35 bits per heavy atom. The van der Waals surface area contributed by atoms with Gasteiger partial charge in [0.25, 0.3) is 0 Å². The first kappa shape index (κ1) is 18.4. The number of amides is 1.